The van der Waals surface area contributed by atoms with Crippen LogP contribution < -0.4 is 5.32 Å². The minimum Gasteiger partial charge on any atom is -0.303 e. The van der Waals surface area contributed by atoms with Crippen LogP contribution in [-0.4, -0.2) is 36.3 Å². The van der Waals surface area contributed by atoms with Gasteiger partial charge in [-0.3, -0.25) is 14.9 Å². The Morgan fingerprint density at radius 2 is 2.16 bits per heavy atom. The Kier molecular flexibility index (Phi) is 3.16. The van der Waals surface area contributed by atoms with Crippen LogP contribution in [0.3, 0.4) is 0 Å². The summed E-state index contributed by atoms with van der Waals surface area (Å²) in [7, 11) is 0. The minimum absolute atomic E-state index is 0.00898. The van der Waals surface area contributed by atoms with E-state index in [1.54, 1.807) is 0 Å². The zero-order valence-electron chi connectivity index (χ0n) is 11.9. The Balaban J connectivity index is 1.93. The lowest BCUT2D eigenvalue weighted by Gasteiger charge is -2.50. The average Bonchev–Trinajstić information content (AvgIpc) is 2.73. The molecule has 2 amide bonds. The molecule has 0 aromatic carbocycles. The Bertz CT molecular complexity index is 407. The van der Waals surface area contributed by atoms with Crippen molar-refractivity contribution in [1.82, 2.24) is 10.2 Å². The molecule has 4 unspecified atom stereocenters. The second kappa shape index (κ2) is 4.58. The normalized spacial score (nSPS) is 41.9. The van der Waals surface area contributed by atoms with Crippen LogP contribution in [0, 0.1) is 23.2 Å². The van der Waals surface area contributed by atoms with Crippen LogP contribution in [0.5, 0.6) is 0 Å². The number of nitrogens with zero attached hydrogens (tertiary/aromatic N) is 1. The van der Waals surface area contributed by atoms with Gasteiger partial charge >= 0.3 is 0 Å². The van der Waals surface area contributed by atoms with Crippen LogP contribution in [0.4, 0.5) is 0 Å². The molecule has 1 N–H and O–H groups in total. The number of imide groups is 1. The first-order valence-corrected chi connectivity index (χ1v) is 7.57. The summed E-state index contributed by atoms with van der Waals surface area (Å²) in [6.45, 7) is 7.64. The highest BCUT2D eigenvalue weighted by Crippen LogP contribution is 2.53. The lowest BCUT2D eigenvalue weighted by molar-refractivity contribution is -0.149. The van der Waals surface area contributed by atoms with Gasteiger partial charge in [-0.2, -0.15) is 0 Å². The van der Waals surface area contributed by atoms with Crippen molar-refractivity contribution in [2.75, 3.05) is 19.6 Å². The number of rotatable bonds is 2. The number of piperidine rings is 2. The third-order valence-electron chi connectivity index (χ3n) is 5.45. The van der Waals surface area contributed by atoms with Gasteiger partial charge in [-0.1, -0.05) is 13.8 Å². The van der Waals surface area contributed by atoms with Gasteiger partial charge in [0.25, 0.3) is 0 Å². The third-order valence-corrected chi connectivity index (χ3v) is 5.45. The molecule has 3 fully saturated rings. The van der Waals surface area contributed by atoms with Crippen LogP contribution in [0.15, 0.2) is 0 Å². The zero-order chi connectivity index (χ0) is 13.6. The molecule has 0 aliphatic carbocycles. The Hall–Kier alpha value is -0.900. The van der Waals surface area contributed by atoms with E-state index >= 15 is 0 Å². The van der Waals surface area contributed by atoms with E-state index in [-0.39, 0.29) is 23.1 Å². The highest BCUT2D eigenvalue weighted by atomic mass is 16.2. The molecule has 2 bridgehead atoms. The second-order valence-corrected chi connectivity index (χ2v) is 7.04. The molecule has 19 heavy (non-hydrogen) atoms. The van der Waals surface area contributed by atoms with Crippen LogP contribution in [0.2, 0.25) is 0 Å². The van der Waals surface area contributed by atoms with Gasteiger partial charge in [-0.25, -0.2) is 0 Å². The molecule has 1 spiro atoms. The van der Waals surface area contributed by atoms with Gasteiger partial charge in [0.15, 0.2) is 0 Å². The maximum Gasteiger partial charge on any atom is 0.230 e. The summed E-state index contributed by atoms with van der Waals surface area (Å²) in [5.74, 6) is 1.02. The maximum atomic E-state index is 12.3. The van der Waals surface area contributed by atoms with E-state index < -0.39 is 0 Å². The molecule has 3 aliphatic rings. The summed E-state index contributed by atoms with van der Waals surface area (Å²) in [5, 5.41) is 2.57. The maximum absolute atomic E-state index is 12.3. The first kappa shape index (κ1) is 13.1. The molecule has 106 valence electrons. The first-order valence-electron chi connectivity index (χ1n) is 7.57. The fourth-order valence-corrected chi connectivity index (χ4v) is 4.53. The van der Waals surface area contributed by atoms with Crippen molar-refractivity contribution in [3.8, 4) is 0 Å². The van der Waals surface area contributed by atoms with E-state index in [0.717, 1.165) is 38.9 Å². The zero-order valence-corrected chi connectivity index (χ0v) is 11.9. The van der Waals surface area contributed by atoms with Crippen molar-refractivity contribution in [3.63, 3.8) is 0 Å². The molecular weight excluding hydrogens is 240 g/mol. The molecule has 0 radical (unpaired) electrons. The van der Waals surface area contributed by atoms with Gasteiger partial charge < -0.3 is 4.90 Å². The van der Waals surface area contributed by atoms with Gasteiger partial charge in [-0.15, -0.1) is 0 Å². The number of carbonyl (C=O) groups excluding carboxylic acids is 2. The lowest BCUT2D eigenvalue weighted by atomic mass is 9.58. The monoisotopic (exact) mass is 264 g/mol. The predicted octanol–water partition coefficient (Wildman–Crippen LogP) is 1.41. The summed E-state index contributed by atoms with van der Waals surface area (Å²) in [4.78, 5) is 26.7. The van der Waals surface area contributed by atoms with Crippen molar-refractivity contribution in [2.24, 2.45) is 23.2 Å². The van der Waals surface area contributed by atoms with E-state index in [0.29, 0.717) is 18.3 Å². The van der Waals surface area contributed by atoms with Crippen molar-refractivity contribution in [3.05, 3.63) is 0 Å². The van der Waals surface area contributed by atoms with E-state index in [2.05, 4.69) is 24.1 Å². The number of hydrogen-bond donors (Lipinski definition) is 1. The Morgan fingerprint density at radius 3 is 2.89 bits per heavy atom. The lowest BCUT2D eigenvalue weighted by Crippen LogP contribution is -2.58. The van der Waals surface area contributed by atoms with Crippen LogP contribution in [-0.2, 0) is 9.59 Å². The van der Waals surface area contributed by atoms with Crippen LogP contribution >= 0.6 is 0 Å². The molecule has 3 rings (SSSR count). The summed E-state index contributed by atoms with van der Waals surface area (Å²) in [6.07, 6.45) is 3.66. The molecular formula is C15H24N2O2. The second-order valence-electron chi connectivity index (χ2n) is 7.04. The Morgan fingerprint density at radius 1 is 1.37 bits per heavy atom. The van der Waals surface area contributed by atoms with Crippen LogP contribution in [0.1, 0.15) is 39.5 Å². The van der Waals surface area contributed by atoms with Crippen LogP contribution in [0.25, 0.3) is 0 Å². The highest BCUT2D eigenvalue weighted by Gasteiger charge is 2.56. The van der Waals surface area contributed by atoms with E-state index in [1.807, 2.05) is 0 Å². The van der Waals surface area contributed by atoms with E-state index in [1.165, 1.54) is 0 Å². The smallest absolute Gasteiger partial charge is 0.230 e. The van der Waals surface area contributed by atoms with Gasteiger partial charge in [0.1, 0.15) is 0 Å². The summed E-state index contributed by atoms with van der Waals surface area (Å²) >= 11 is 0. The van der Waals surface area contributed by atoms with Gasteiger partial charge in [-0.05, 0) is 49.6 Å². The Labute approximate surface area is 114 Å². The number of nitrogens with one attached hydrogen (secondary N) is 1. The molecule has 3 aliphatic heterocycles. The number of carbonyl (C=O) groups is 2. The third kappa shape index (κ3) is 2.10. The van der Waals surface area contributed by atoms with E-state index in [4.69, 9.17) is 0 Å². The average molecular weight is 264 g/mol. The van der Waals surface area contributed by atoms with Gasteiger partial charge in [0.2, 0.25) is 11.8 Å². The summed E-state index contributed by atoms with van der Waals surface area (Å²) < 4.78 is 0. The summed E-state index contributed by atoms with van der Waals surface area (Å²) in [6, 6.07) is 0. The fourth-order valence-electron chi connectivity index (χ4n) is 4.53. The molecule has 4 heteroatoms. The van der Waals surface area contributed by atoms with Crippen molar-refractivity contribution >= 4 is 11.8 Å². The molecule has 0 aromatic rings. The van der Waals surface area contributed by atoms with Gasteiger partial charge in [0.05, 0.1) is 0 Å². The topological polar surface area (TPSA) is 49.4 Å². The quantitative estimate of drug-likeness (QED) is 0.767. The van der Waals surface area contributed by atoms with Gasteiger partial charge in [0, 0.05) is 18.9 Å². The summed E-state index contributed by atoms with van der Waals surface area (Å²) in [5.41, 5.74) is -0.0450. The van der Waals surface area contributed by atoms with Crippen molar-refractivity contribution in [2.45, 2.75) is 39.5 Å². The molecule has 3 saturated heterocycles. The van der Waals surface area contributed by atoms with E-state index in [9.17, 15) is 9.59 Å². The standard InChI is InChI=1S/C15H24N2O2/c1-10(2)7-12-14(19)16-13(18)8-15(12)4-6-17-5-3-11(15)9-17/h10-12H,3-9H2,1-2H3,(H,16,18,19). The minimum atomic E-state index is -0.0506. The molecule has 3 heterocycles. The predicted molar refractivity (Wildman–Crippen MR) is 72.3 cm³/mol. The molecule has 4 nitrogen and oxygen atoms in total. The molecule has 0 aromatic heterocycles. The highest BCUT2D eigenvalue weighted by molar-refractivity contribution is 5.99. The number of hydrogen-bond acceptors (Lipinski definition) is 3. The number of fused-ring (bicyclic) bond motifs is 3. The molecule has 4 atom stereocenters. The SMILES string of the molecule is CC(C)CC1C(=O)NC(=O)CC12CCN1CCC2C1. The van der Waals surface area contributed by atoms with Crippen molar-refractivity contribution in [1.29, 1.82) is 0 Å². The first-order chi connectivity index (χ1) is 9.01. The molecule has 0 saturated carbocycles. The number of amides is 2. The van der Waals surface area contributed by atoms with Crippen molar-refractivity contribution < 1.29 is 9.59 Å². The largest absolute Gasteiger partial charge is 0.303 e. The fraction of sp³-hybridized carbons (Fsp3) is 0.867.